The second-order valence-electron chi connectivity index (χ2n) is 6.69. The van der Waals surface area contributed by atoms with Crippen LogP contribution in [-0.2, 0) is 4.79 Å². The van der Waals surface area contributed by atoms with Gasteiger partial charge in [-0.3, -0.25) is 9.59 Å². The fourth-order valence-electron chi connectivity index (χ4n) is 2.80. The molecule has 3 N–H and O–H groups in total. The zero-order chi connectivity index (χ0) is 23.6. The standard InChI is InChI=1S/C24H23N3O6/c1-31-20-6-4-3-5-19(20)26-23(29)15-33-21-12-7-16(13-22(21)32-2)14-25-27-24(30)17-8-10-18(28)11-9-17/h3-14,28H,15H2,1-2H3,(H,26,29)(H,27,30)/b25-14+. The van der Waals surface area contributed by atoms with E-state index in [9.17, 15) is 14.7 Å². The smallest absolute Gasteiger partial charge is 0.271 e. The minimum Gasteiger partial charge on any atom is -0.508 e. The van der Waals surface area contributed by atoms with Crippen LogP contribution in [0.1, 0.15) is 15.9 Å². The first-order chi connectivity index (χ1) is 16.0. The van der Waals surface area contributed by atoms with Crippen LogP contribution < -0.4 is 25.0 Å². The fraction of sp³-hybridized carbons (Fsp3) is 0.125. The van der Waals surface area contributed by atoms with Gasteiger partial charge in [-0.25, -0.2) is 5.43 Å². The molecular formula is C24H23N3O6. The van der Waals surface area contributed by atoms with E-state index in [4.69, 9.17) is 14.2 Å². The Morgan fingerprint density at radius 1 is 0.939 bits per heavy atom. The lowest BCUT2D eigenvalue weighted by Gasteiger charge is -2.12. The lowest BCUT2D eigenvalue weighted by Crippen LogP contribution is -2.20. The van der Waals surface area contributed by atoms with E-state index in [0.717, 1.165) is 0 Å². The highest BCUT2D eigenvalue weighted by atomic mass is 16.5. The van der Waals surface area contributed by atoms with E-state index in [1.165, 1.54) is 44.7 Å². The molecule has 0 saturated heterocycles. The summed E-state index contributed by atoms with van der Waals surface area (Å²) in [5.74, 6) is 0.613. The third-order valence-electron chi connectivity index (χ3n) is 4.44. The van der Waals surface area contributed by atoms with Gasteiger partial charge in [0, 0.05) is 5.56 Å². The van der Waals surface area contributed by atoms with E-state index >= 15 is 0 Å². The molecule has 2 amide bonds. The SMILES string of the molecule is COc1ccccc1NC(=O)COc1ccc(/C=N/NC(=O)c2ccc(O)cc2)cc1OC. The zero-order valence-electron chi connectivity index (χ0n) is 18.1. The van der Waals surface area contributed by atoms with Gasteiger partial charge >= 0.3 is 0 Å². The van der Waals surface area contributed by atoms with Gasteiger partial charge < -0.3 is 24.6 Å². The summed E-state index contributed by atoms with van der Waals surface area (Å²) in [4.78, 5) is 24.3. The van der Waals surface area contributed by atoms with E-state index < -0.39 is 5.91 Å². The van der Waals surface area contributed by atoms with Crippen molar-refractivity contribution >= 4 is 23.7 Å². The van der Waals surface area contributed by atoms with E-state index in [2.05, 4.69) is 15.8 Å². The van der Waals surface area contributed by atoms with Crippen molar-refractivity contribution in [2.24, 2.45) is 5.10 Å². The molecule has 0 fully saturated rings. The number of ether oxygens (including phenoxy) is 3. The summed E-state index contributed by atoms with van der Waals surface area (Å²) in [7, 11) is 3.00. The van der Waals surface area contributed by atoms with Gasteiger partial charge in [0.2, 0.25) is 0 Å². The molecule has 0 spiro atoms. The van der Waals surface area contributed by atoms with Crippen molar-refractivity contribution in [3.05, 3.63) is 77.9 Å². The molecule has 0 heterocycles. The molecule has 3 rings (SSSR count). The first-order valence-electron chi connectivity index (χ1n) is 9.86. The van der Waals surface area contributed by atoms with E-state index in [1.807, 2.05) is 0 Å². The number of phenols is 1. The number of aromatic hydroxyl groups is 1. The quantitative estimate of drug-likeness (QED) is 0.341. The molecule has 0 saturated carbocycles. The molecule has 0 atom stereocenters. The summed E-state index contributed by atoms with van der Waals surface area (Å²) >= 11 is 0. The molecule has 0 aromatic heterocycles. The summed E-state index contributed by atoms with van der Waals surface area (Å²) in [6, 6.07) is 17.9. The second kappa shape index (κ2) is 11.2. The van der Waals surface area contributed by atoms with Crippen LogP contribution in [0.3, 0.4) is 0 Å². The number of nitrogens with zero attached hydrogens (tertiary/aromatic N) is 1. The minimum atomic E-state index is -0.417. The van der Waals surface area contributed by atoms with Crippen molar-refractivity contribution in [1.29, 1.82) is 0 Å². The average Bonchev–Trinajstić information content (AvgIpc) is 2.83. The predicted octanol–water partition coefficient (Wildman–Crippen LogP) is 3.19. The first kappa shape index (κ1) is 23.1. The Labute approximate surface area is 190 Å². The molecule has 9 nitrogen and oxygen atoms in total. The molecule has 33 heavy (non-hydrogen) atoms. The first-order valence-corrected chi connectivity index (χ1v) is 9.86. The highest BCUT2D eigenvalue weighted by molar-refractivity contribution is 5.95. The number of para-hydroxylation sites is 2. The van der Waals surface area contributed by atoms with Crippen LogP contribution in [0.4, 0.5) is 5.69 Å². The van der Waals surface area contributed by atoms with Crippen molar-refractivity contribution in [3.63, 3.8) is 0 Å². The molecule has 170 valence electrons. The van der Waals surface area contributed by atoms with Crippen molar-refractivity contribution in [2.45, 2.75) is 0 Å². The molecule has 0 unspecified atom stereocenters. The molecular weight excluding hydrogens is 426 g/mol. The number of anilines is 1. The number of rotatable bonds is 9. The zero-order valence-corrected chi connectivity index (χ0v) is 18.1. The molecule has 3 aromatic carbocycles. The Hall–Kier alpha value is -4.53. The summed E-state index contributed by atoms with van der Waals surface area (Å²) < 4.78 is 16.1. The number of carbonyl (C=O) groups is 2. The van der Waals surface area contributed by atoms with E-state index in [-0.39, 0.29) is 18.3 Å². The Balaban J connectivity index is 1.57. The third-order valence-corrected chi connectivity index (χ3v) is 4.44. The van der Waals surface area contributed by atoms with Gasteiger partial charge in [-0.15, -0.1) is 0 Å². The number of methoxy groups -OCH3 is 2. The molecule has 0 aliphatic rings. The maximum atomic E-state index is 12.3. The van der Waals surface area contributed by atoms with Crippen molar-refractivity contribution in [2.75, 3.05) is 26.1 Å². The van der Waals surface area contributed by atoms with Gasteiger partial charge in [-0.2, -0.15) is 5.10 Å². The van der Waals surface area contributed by atoms with Gasteiger partial charge in [0.1, 0.15) is 11.5 Å². The van der Waals surface area contributed by atoms with Crippen molar-refractivity contribution in [3.8, 4) is 23.0 Å². The van der Waals surface area contributed by atoms with Gasteiger partial charge in [0.05, 0.1) is 26.1 Å². The highest BCUT2D eigenvalue weighted by Crippen LogP contribution is 2.28. The van der Waals surface area contributed by atoms with Crippen LogP contribution in [0, 0.1) is 0 Å². The highest BCUT2D eigenvalue weighted by Gasteiger charge is 2.11. The largest absolute Gasteiger partial charge is 0.508 e. The minimum absolute atomic E-state index is 0.0710. The number of hydrogen-bond donors (Lipinski definition) is 3. The van der Waals surface area contributed by atoms with Crippen LogP contribution in [0.2, 0.25) is 0 Å². The monoisotopic (exact) mass is 449 g/mol. The van der Waals surface area contributed by atoms with E-state index in [0.29, 0.717) is 34.1 Å². The molecule has 0 aliphatic carbocycles. The summed E-state index contributed by atoms with van der Waals surface area (Å²) in [6.45, 7) is -0.232. The Kier molecular flexibility index (Phi) is 7.85. The average molecular weight is 449 g/mol. The van der Waals surface area contributed by atoms with Gasteiger partial charge in [-0.05, 0) is 60.2 Å². The van der Waals surface area contributed by atoms with Crippen molar-refractivity contribution in [1.82, 2.24) is 5.43 Å². The Morgan fingerprint density at radius 3 is 2.39 bits per heavy atom. The fourth-order valence-corrected chi connectivity index (χ4v) is 2.80. The van der Waals surface area contributed by atoms with Crippen LogP contribution >= 0.6 is 0 Å². The van der Waals surface area contributed by atoms with E-state index in [1.54, 1.807) is 42.5 Å². The molecule has 3 aromatic rings. The summed E-state index contributed by atoms with van der Waals surface area (Å²) in [5.41, 5.74) is 3.95. The maximum Gasteiger partial charge on any atom is 0.271 e. The number of carbonyl (C=O) groups excluding carboxylic acids is 2. The van der Waals surface area contributed by atoms with Crippen LogP contribution in [0.15, 0.2) is 71.8 Å². The number of hydrazone groups is 1. The molecule has 9 heteroatoms. The van der Waals surface area contributed by atoms with Gasteiger partial charge in [0.25, 0.3) is 11.8 Å². The van der Waals surface area contributed by atoms with Crippen LogP contribution in [-0.4, -0.2) is 44.0 Å². The summed E-state index contributed by atoms with van der Waals surface area (Å²) in [6.07, 6.45) is 1.44. The second-order valence-corrected chi connectivity index (χ2v) is 6.69. The number of amides is 2. The van der Waals surface area contributed by atoms with Crippen LogP contribution in [0.5, 0.6) is 23.0 Å². The van der Waals surface area contributed by atoms with Crippen molar-refractivity contribution < 1.29 is 28.9 Å². The molecule has 0 bridgehead atoms. The number of nitrogens with one attached hydrogen (secondary N) is 2. The predicted molar refractivity (Wildman–Crippen MR) is 123 cm³/mol. The third kappa shape index (κ3) is 6.47. The van der Waals surface area contributed by atoms with Crippen LogP contribution in [0.25, 0.3) is 0 Å². The maximum absolute atomic E-state index is 12.3. The lowest BCUT2D eigenvalue weighted by molar-refractivity contribution is -0.118. The van der Waals surface area contributed by atoms with Gasteiger partial charge in [0.15, 0.2) is 18.1 Å². The Bertz CT molecular complexity index is 1150. The molecule has 0 aliphatic heterocycles. The number of benzene rings is 3. The van der Waals surface area contributed by atoms with Gasteiger partial charge in [-0.1, -0.05) is 12.1 Å². The molecule has 0 radical (unpaired) electrons. The number of phenolic OH excluding ortho intramolecular Hbond substituents is 1. The normalized spacial score (nSPS) is 10.5. The topological polar surface area (TPSA) is 118 Å². The number of hydrogen-bond acceptors (Lipinski definition) is 7. The summed E-state index contributed by atoms with van der Waals surface area (Å²) in [5, 5.41) is 15.9. The Morgan fingerprint density at radius 2 is 1.67 bits per heavy atom. The lowest BCUT2D eigenvalue weighted by atomic mass is 10.2.